The number of aryl methyl sites for hydroxylation is 2. The second kappa shape index (κ2) is 5.55. The van der Waals surface area contributed by atoms with Gasteiger partial charge in [0, 0.05) is 6.54 Å². The van der Waals surface area contributed by atoms with Gasteiger partial charge in [0.05, 0.1) is 15.6 Å². The van der Waals surface area contributed by atoms with Gasteiger partial charge in [-0.1, -0.05) is 18.1 Å². The summed E-state index contributed by atoms with van der Waals surface area (Å²) in [5.41, 5.74) is 1.48. The number of carboxylic acids is 1. The van der Waals surface area contributed by atoms with Gasteiger partial charge in [-0.2, -0.15) is 0 Å². The SMILES string of the molecule is Cc1nc(C)c(-c2c(C(=O)O)nnn2CC2CCCC2)s1. The lowest BCUT2D eigenvalue weighted by Crippen LogP contribution is -2.11. The van der Waals surface area contributed by atoms with Crippen molar-refractivity contribution in [3.63, 3.8) is 0 Å². The number of hydrogen-bond acceptors (Lipinski definition) is 5. The predicted molar refractivity (Wildman–Crippen MR) is 79.5 cm³/mol. The molecule has 0 amide bonds. The molecule has 21 heavy (non-hydrogen) atoms. The average Bonchev–Trinajstić information content (AvgIpc) is 3.11. The van der Waals surface area contributed by atoms with Crippen molar-refractivity contribution in [2.75, 3.05) is 0 Å². The van der Waals surface area contributed by atoms with E-state index in [0.29, 0.717) is 11.6 Å². The lowest BCUT2D eigenvalue weighted by molar-refractivity contribution is 0.0691. The summed E-state index contributed by atoms with van der Waals surface area (Å²) in [6.07, 6.45) is 4.86. The quantitative estimate of drug-likeness (QED) is 0.939. The van der Waals surface area contributed by atoms with Crippen LogP contribution in [0.2, 0.25) is 0 Å². The zero-order valence-corrected chi connectivity index (χ0v) is 13.0. The fourth-order valence-electron chi connectivity index (χ4n) is 3.00. The zero-order chi connectivity index (χ0) is 15.0. The smallest absolute Gasteiger partial charge is 0.358 e. The van der Waals surface area contributed by atoms with Gasteiger partial charge in [0.1, 0.15) is 5.69 Å². The van der Waals surface area contributed by atoms with Crippen molar-refractivity contribution >= 4 is 17.3 Å². The van der Waals surface area contributed by atoms with Crippen LogP contribution in [0.4, 0.5) is 0 Å². The first kappa shape index (κ1) is 14.2. The number of aromatic carboxylic acids is 1. The van der Waals surface area contributed by atoms with Crippen LogP contribution in [0.25, 0.3) is 10.6 Å². The first-order valence-corrected chi connectivity index (χ1v) is 7.99. The summed E-state index contributed by atoms with van der Waals surface area (Å²) in [5.74, 6) is -0.463. The highest BCUT2D eigenvalue weighted by atomic mass is 32.1. The van der Waals surface area contributed by atoms with Crippen LogP contribution in [0.1, 0.15) is 46.9 Å². The minimum atomic E-state index is -1.03. The zero-order valence-electron chi connectivity index (χ0n) is 12.2. The Hall–Kier alpha value is -1.76. The van der Waals surface area contributed by atoms with Crippen molar-refractivity contribution in [1.29, 1.82) is 0 Å². The van der Waals surface area contributed by atoms with Gasteiger partial charge in [-0.15, -0.1) is 16.4 Å². The summed E-state index contributed by atoms with van der Waals surface area (Å²) in [7, 11) is 0. The molecule has 6 nitrogen and oxygen atoms in total. The van der Waals surface area contributed by atoms with E-state index in [-0.39, 0.29) is 5.69 Å². The van der Waals surface area contributed by atoms with Crippen LogP contribution in [0, 0.1) is 19.8 Å². The third-order valence-corrected chi connectivity index (χ3v) is 5.04. The van der Waals surface area contributed by atoms with Crippen molar-refractivity contribution in [3.05, 3.63) is 16.4 Å². The van der Waals surface area contributed by atoms with Gasteiger partial charge in [-0.3, -0.25) is 0 Å². The van der Waals surface area contributed by atoms with E-state index < -0.39 is 5.97 Å². The Balaban J connectivity index is 2.04. The average molecular weight is 306 g/mol. The van der Waals surface area contributed by atoms with E-state index in [1.54, 1.807) is 4.68 Å². The predicted octanol–water partition coefficient (Wildman–Crippen LogP) is 2.91. The van der Waals surface area contributed by atoms with Crippen molar-refractivity contribution in [2.45, 2.75) is 46.1 Å². The van der Waals surface area contributed by atoms with Crippen molar-refractivity contribution in [2.24, 2.45) is 5.92 Å². The molecular formula is C14H18N4O2S. The van der Waals surface area contributed by atoms with Gasteiger partial charge < -0.3 is 5.11 Å². The molecule has 1 aliphatic rings. The Kier molecular flexibility index (Phi) is 3.75. The van der Waals surface area contributed by atoms with Gasteiger partial charge in [0.15, 0.2) is 5.69 Å². The van der Waals surface area contributed by atoms with Crippen LogP contribution in [0.15, 0.2) is 0 Å². The molecule has 1 fully saturated rings. The molecule has 0 spiro atoms. The summed E-state index contributed by atoms with van der Waals surface area (Å²) >= 11 is 1.50. The molecule has 0 aromatic carbocycles. The molecule has 3 rings (SSSR count). The van der Waals surface area contributed by atoms with Crippen molar-refractivity contribution in [3.8, 4) is 10.6 Å². The molecular weight excluding hydrogens is 288 g/mol. The molecule has 0 radical (unpaired) electrons. The Morgan fingerprint density at radius 2 is 2.10 bits per heavy atom. The second-order valence-electron chi connectivity index (χ2n) is 5.57. The molecule has 0 saturated heterocycles. The van der Waals surface area contributed by atoms with Gasteiger partial charge in [-0.05, 0) is 32.6 Å². The fourth-order valence-corrected chi connectivity index (χ4v) is 3.97. The van der Waals surface area contributed by atoms with Crippen LogP contribution in [0.3, 0.4) is 0 Å². The number of carbonyl (C=O) groups is 1. The Morgan fingerprint density at radius 3 is 2.67 bits per heavy atom. The summed E-state index contributed by atoms with van der Waals surface area (Å²) in [4.78, 5) is 16.7. The molecule has 2 heterocycles. The summed E-state index contributed by atoms with van der Waals surface area (Å²) < 4.78 is 1.76. The van der Waals surface area contributed by atoms with Crippen molar-refractivity contribution in [1.82, 2.24) is 20.0 Å². The molecule has 0 unspecified atom stereocenters. The summed E-state index contributed by atoms with van der Waals surface area (Å²) in [6.45, 7) is 4.57. The Bertz CT molecular complexity index is 671. The second-order valence-corrected chi connectivity index (χ2v) is 6.78. The molecule has 2 aromatic rings. The van der Waals surface area contributed by atoms with E-state index in [1.807, 2.05) is 13.8 Å². The maximum atomic E-state index is 11.4. The largest absolute Gasteiger partial charge is 0.476 e. The fraction of sp³-hybridized carbons (Fsp3) is 0.571. The van der Waals surface area contributed by atoms with Gasteiger partial charge in [0.2, 0.25) is 0 Å². The van der Waals surface area contributed by atoms with E-state index in [2.05, 4.69) is 15.3 Å². The number of thiazole rings is 1. The lowest BCUT2D eigenvalue weighted by Gasteiger charge is -2.11. The number of aromatic nitrogens is 4. The number of hydrogen-bond donors (Lipinski definition) is 1. The summed E-state index contributed by atoms with van der Waals surface area (Å²) in [5, 5.41) is 18.3. The van der Waals surface area contributed by atoms with Crippen LogP contribution in [-0.2, 0) is 6.54 Å². The molecule has 0 bridgehead atoms. The van der Waals surface area contributed by atoms with E-state index >= 15 is 0 Å². The van der Waals surface area contributed by atoms with E-state index in [9.17, 15) is 9.90 Å². The van der Waals surface area contributed by atoms with Gasteiger partial charge in [-0.25, -0.2) is 14.5 Å². The molecule has 1 saturated carbocycles. The van der Waals surface area contributed by atoms with Crippen LogP contribution in [0.5, 0.6) is 0 Å². The molecule has 1 aliphatic carbocycles. The first-order valence-electron chi connectivity index (χ1n) is 7.17. The maximum Gasteiger partial charge on any atom is 0.358 e. The third kappa shape index (κ3) is 2.70. The van der Waals surface area contributed by atoms with Gasteiger partial charge >= 0.3 is 5.97 Å². The Labute approximate surface area is 126 Å². The van der Waals surface area contributed by atoms with Crippen LogP contribution >= 0.6 is 11.3 Å². The highest BCUT2D eigenvalue weighted by molar-refractivity contribution is 7.15. The monoisotopic (exact) mass is 306 g/mol. The topological polar surface area (TPSA) is 80.9 Å². The number of carboxylic acid groups (broad SMARTS) is 1. The van der Waals surface area contributed by atoms with Crippen LogP contribution < -0.4 is 0 Å². The van der Waals surface area contributed by atoms with Gasteiger partial charge in [0.25, 0.3) is 0 Å². The number of rotatable bonds is 4. The molecule has 1 N–H and O–H groups in total. The standard InChI is InChI=1S/C14H18N4O2S/c1-8-13(21-9(2)15-8)12-11(14(19)20)16-17-18(12)7-10-5-3-4-6-10/h10H,3-7H2,1-2H3,(H,19,20). The highest BCUT2D eigenvalue weighted by Gasteiger charge is 2.26. The van der Waals surface area contributed by atoms with E-state index in [1.165, 1.54) is 37.0 Å². The third-order valence-electron chi connectivity index (χ3n) is 3.96. The first-order chi connectivity index (χ1) is 10.1. The maximum absolute atomic E-state index is 11.4. The van der Waals surface area contributed by atoms with E-state index in [4.69, 9.17) is 0 Å². The molecule has 7 heteroatoms. The molecule has 2 aromatic heterocycles. The normalized spacial score (nSPS) is 15.7. The van der Waals surface area contributed by atoms with Crippen molar-refractivity contribution < 1.29 is 9.90 Å². The summed E-state index contributed by atoms with van der Waals surface area (Å²) in [6, 6.07) is 0. The molecule has 0 aliphatic heterocycles. The lowest BCUT2D eigenvalue weighted by atomic mass is 10.1. The number of nitrogens with zero attached hydrogens (tertiary/aromatic N) is 4. The van der Waals surface area contributed by atoms with Crippen LogP contribution in [-0.4, -0.2) is 31.1 Å². The molecule has 112 valence electrons. The minimum absolute atomic E-state index is 0.0275. The van der Waals surface area contributed by atoms with E-state index in [0.717, 1.165) is 22.1 Å². The minimum Gasteiger partial charge on any atom is -0.476 e. The highest BCUT2D eigenvalue weighted by Crippen LogP contribution is 2.33. The molecule has 0 atom stereocenters. The Morgan fingerprint density at radius 1 is 1.38 bits per heavy atom.